The lowest BCUT2D eigenvalue weighted by atomic mass is 10.1. The Labute approximate surface area is 172 Å². The Hall–Kier alpha value is -3.12. The van der Waals surface area contributed by atoms with Crippen LogP contribution in [0, 0.1) is 13.8 Å². The second-order valence-electron chi connectivity index (χ2n) is 7.06. The highest BCUT2D eigenvalue weighted by Gasteiger charge is 2.18. The molecule has 0 atom stereocenters. The molecule has 0 aliphatic heterocycles. The number of amides is 1. The van der Waals surface area contributed by atoms with Gasteiger partial charge in [0, 0.05) is 11.3 Å². The third kappa shape index (κ3) is 5.23. The zero-order chi connectivity index (χ0) is 21.0. The van der Waals surface area contributed by atoms with E-state index in [1.54, 1.807) is 42.5 Å². The Kier molecular flexibility index (Phi) is 6.03. The fourth-order valence-electron chi connectivity index (χ4n) is 2.99. The zero-order valence-electron chi connectivity index (χ0n) is 16.7. The molecule has 0 bridgehead atoms. The van der Waals surface area contributed by atoms with Crippen molar-refractivity contribution < 1.29 is 13.2 Å². The van der Waals surface area contributed by atoms with Crippen molar-refractivity contribution in [2.75, 3.05) is 15.9 Å². The molecule has 0 heterocycles. The molecule has 5 nitrogen and oxygen atoms in total. The van der Waals surface area contributed by atoms with Crippen LogP contribution in [0.1, 0.15) is 27.0 Å². The summed E-state index contributed by atoms with van der Waals surface area (Å²) in [7, 11) is -3.48. The Balaban J connectivity index is 1.84. The number of hydrogen-bond donors (Lipinski definition) is 1. The van der Waals surface area contributed by atoms with Crippen LogP contribution in [0.25, 0.3) is 0 Å². The second-order valence-corrected chi connectivity index (χ2v) is 8.97. The Morgan fingerprint density at radius 1 is 0.897 bits per heavy atom. The number of carbonyl (C=O) groups is 1. The first-order valence-corrected chi connectivity index (χ1v) is 11.1. The van der Waals surface area contributed by atoms with Crippen LogP contribution in [0.4, 0.5) is 11.4 Å². The van der Waals surface area contributed by atoms with E-state index in [9.17, 15) is 13.2 Å². The maximum Gasteiger partial charge on any atom is 0.255 e. The summed E-state index contributed by atoms with van der Waals surface area (Å²) in [6.07, 6.45) is 1.20. The van der Waals surface area contributed by atoms with E-state index in [1.165, 1.54) is 10.6 Å². The van der Waals surface area contributed by atoms with E-state index in [0.29, 0.717) is 16.9 Å². The van der Waals surface area contributed by atoms with Gasteiger partial charge in [-0.15, -0.1) is 0 Å². The van der Waals surface area contributed by atoms with Gasteiger partial charge in [0.25, 0.3) is 5.91 Å². The number of sulfonamides is 1. The van der Waals surface area contributed by atoms with Crippen molar-refractivity contribution in [3.05, 3.63) is 95.1 Å². The van der Waals surface area contributed by atoms with Crippen molar-refractivity contribution in [1.82, 2.24) is 0 Å². The third-order valence-electron chi connectivity index (χ3n) is 4.73. The van der Waals surface area contributed by atoms with Crippen molar-refractivity contribution in [3.63, 3.8) is 0 Å². The van der Waals surface area contributed by atoms with E-state index in [-0.39, 0.29) is 12.5 Å². The van der Waals surface area contributed by atoms with Gasteiger partial charge in [-0.1, -0.05) is 36.4 Å². The molecule has 1 N–H and O–H groups in total. The molecule has 0 spiro atoms. The first-order chi connectivity index (χ1) is 13.7. The summed E-state index contributed by atoms with van der Waals surface area (Å²) in [4.78, 5) is 12.4. The Morgan fingerprint density at radius 3 is 2.28 bits per heavy atom. The molecule has 0 aromatic heterocycles. The summed E-state index contributed by atoms with van der Waals surface area (Å²) >= 11 is 0. The largest absolute Gasteiger partial charge is 0.322 e. The summed E-state index contributed by atoms with van der Waals surface area (Å²) in [6.45, 7) is 4.12. The zero-order valence-corrected chi connectivity index (χ0v) is 17.5. The van der Waals surface area contributed by atoms with Gasteiger partial charge >= 0.3 is 0 Å². The minimum absolute atomic E-state index is 0.177. The first-order valence-electron chi connectivity index (χ1n) is 9.24. The lowest BCUT2D eigenvalue weighted by molar-refractivity contribution is 0.102. The fraction of sp³-hybridized carbons (Fsp3) is 0.174. The number of nitrogens with one attached hydrogen (secondary N) is 1. The van der Waals surface area contributed by atoms with E-state index in [1.807, 2.05) is 44.2 Å². The Morgan fingerprint density at radius 2 is 1.62 bits per heavy atom. The Bertz CT molecular complexity index is 1130. The van der Waals surface area contributed by atoms with Gasteiger partial charge in [-0.25, -0.2) is 8.42 Å². The molecule has 0 unspecified atom stereocenters. The van der Waals surface area contributed by atoms with Crippen LogP contribution >= 0.6 is 0 Å². The average molecular weight is 409 g/mol. The first kappa shape index (κ1) is 20.6. The lowest BCUT2D eigenvalue weighted by Crippen LogP contribution is -2.29. The van der Waals surface area contributed by atoms with Crippen LogP contribution < -0.4 is 9.62 Å². The maximum absolute atomic E-state index is 12.4. The quantitative estimate of drug-likeness (QED) is 0.652. The highest BCUT2D eigenvalue weighted by molar-refractivity contribution is 7.92. The number of aryl methyl sites for hydroxylation is 2. The normalized spacial score (nSPS) is 11.1. The van der Waals surface area contributed by atoms with Crippen LogP contribution in [-0.2, 0) is 16.6 Å². The summed E-state index contributed by atoms with van der Waals surface area (Å²) in [5.41, 5.74) is 4.71. The monoisotopic (exact) mass is 408 g/mol. The number of rotatable bonds is 6. The molecule has 0 radical (unpaired) electrons. The number of anilines is 2. The van der Waals surface area contributed by atoms with Crippen molar-refractivity contribution in [2.24, 2.45) is 0 Å². The van der Waals surface area contributed by atoms with Crippen LogP contribution in [0.2, 0.25) is 0 Å². The molecule has 0 aliphatic carbocycles. The molecule has 0 saturated heterocycles. The van der Waals surface area contributed by atoms with Crippen LogP contribution in [0.15, 0.2) is 72.8 Å². The van der Waals surface area contributed by atoms with Crippen molar-refractivity contribution in [2.45, 2.75) is 20.4 Å². The highest BCUT2D eigenvalue weighted by atomic mass is 32.2. The molecular weight excluding hydrogens is 384 g/mol. The number of carbonyl (C=O) groups excluding carboxylic acids is 1. The number of hydrogen-bond acceptors (Lipinski definition) is 3. The van der Waals surface area contributed by atoms with Gasteiger partial charge in [-0.05, 0) is 66.9 Å². The van der Waals surface area contributed by atoms with Crippen molar-refractivity contribution in [3.8, 4) is 0 Å². The average Bonchev–Trinajstić information content (AvgIpc) is 2.68. The minimum Gasteiger partial charge on any atom is -0.322 e. The van der Waals surface area contributed by atoms with Gasteiger partial charge in [0.05, 0.1) is 18.5 Å². The van der Waals surface area contributed by atoms with Gasteiger partial charge in [-0.2, -0.15) is 0 Å². The van der Waals surface area contributed by atoms with Crippen LogP contribution in [0.3, 0.4) is 0 Å². The predicted octanol–water partition coefficient (Wildman–Crippen LogP) is 4.52. The van der Waals surface area contributed by atoms with Crippen LogP contribution in [0.5, 0.6) is 0 Å². The molecule has 150 valence electrons. The van der Waals surface area contributed by atoms with E-state index in [0.717, 1.165) is 16.7 Å². The molecule has 0 saturated carbocycles. The molecule has 6 heteroatoms. The molecular formula is C23H24N2O3S. The maximum atomic E-state index is 12.4. The molecule has 3 rings (SSSR count). The lowest BCUT2D eigenvalue weighted by Gasteiger charge is -2.23. The van der Waals surface area contributed by atoms with E-state index in [2.05, 4.69) is 5.32 Å². The predicted molar refractivity (Wildman–Crippen MR) is 118 cm³/mol. The highest BCUT2D eigenvalue weighted by Crippen LogP contribution is 2.24. The standard InChI is InChI=1S/C23H24N2O3S/c1-17-12-13-22(14-18(17)2)25(29(3,27)28)16-19-8-7-11-21(15-19)24-23(26)20-9-5-4-6-10-20/h4-15H,16H2,1-3H3,(H,24,26). The van der Waals surface area contributed by atoms with E-state index in [4.69, 9.17) is 0 Å². The minimum atomic E-state index is -3.48. The van der Waals surface area contributed by atoms with Gasteiger partial charge in [-0.3, -0.25) is 9.10 Å². The summed E-state index contributed by atoms with van der Waals surface area (Å²) in [5, 5.41) is 2.86. The van der Waals surface area contributed by atoms with E-state index >= 15 is 0 Å². The van der Waals surface area contributed by atoms with Gasteiger partial charge in [0.15, 0.2) is 0 Å². The topological polar surface area (TPSA) is 66.5 Å². The molecule has 0 aliphatic rings. The SMILES string of the molecule is Cc1ccc(N(Cc2cccc(NC(=O)c3ccccc3)c2)S(C)(=O)=O)cc1C. The summed E-state index contributed by atoms with van der Waals surface area (Å²) < 4.78 is 26.2. The van der Waals surface area contributed by atoms with Crippen molar-refractivity contribution >= 4 is 27.3 Å². The fourth-order valence-corrected chi connectivity index (χ4v) is 3.87. The van der Waals surface area contributed by atoms with Crippen LogP contribution in [-0.4, -0.2) is 20.6 Å². The van der Waals surface area contributed by atoms with Gasteiger partial charge in [0.1, 0.15) is 0 Å². The van der Waals surface area contributed by atoms with Gasteiger partial charge in [0.2, 0.25) is 10.0 Å². The molecule has 1 amide bonds. The molecule has 29 heavy (non-hydrogen) atoms. The third-order valence-corrected chi connectivity index (χ3v) is 5.87. The van der Waals surface area contributed by atoms with Crippen molar-refractivity contribution in [1.29, 1.82) is 0 Å². The molecule has 0 fully saturated rings. The molecule has 3 aromatic rings. The second kappa shape index (κ2) is 8.49. The van der Waals surface area contributed by atoms with Gasteiger partial charge < -0.3 is 5.32 Å². The summed E-state index contributed by atoms with van der Waals surface area (Å²) in [5.74, 6) is -0.211. The summed E-state index contributed by atoms with van der Waals surface area (Å²) in [6, 6.07) is 21.8. The number of nitrogens with zero attached hydrogens (tertiary/aromatic N) is 1. The number of benzene rings is 3. The smallest absolute Gasteiger partial charge is 0.255 e. The molecule has 3 aromatic carbocycles. The van der Waals surface area contributed by atoms with E-state index < -0.39 is 10.0 Å².